The Morgan fingerprint density at radius 2 is 1.87 bits per heavy atom. The lowest BCUT2D eigenvalue weighted by Crippen LogP contribution is -2.70. The van der Waals surface area contributed by atoms with Gasteiger partial charge in [-0.25, -0.2) is 0 Å². The zero-order chi connectivity index (χ0) is 16.2. The number of nitrogens with one attached hydrogen (secondary N) is 1. The summed E-state index contributed by atoms with van der Waals surface area (Å²) in [7, 11) is 0. The minimum Gasteiger partial charge on any atom is -0.386 e. The molecule has 1 aliphatic heterocycles. The average molecular weight is 311 g/mol. The number of aromatic nitrogens is 4. The molecule has 1 N–H and O–H groups in total. The molecule has 0 aliphatic carbocycles. The van der Waals surface area contributed by atoms with Crippen molar-refractivity contribution >= 4 is 25.6 Å². The first-order valence-electron chi connectivity index (χ1n) is 8.30. The smallest absolute Gasteiger partial charge is 0.334 e. The SMILES string of the molecule is CCCCN1B(C)N(c2ccccc2)CN(c2nn[nH]n2)B1C. The molecule has 0 unspecified atom stereocenters. The standard InChI is InChI=1S/C14H23B2N7/c1-4-5-11-23-15(2)21(13-9-7-6-8-10-13)12-22(16(23)3)14-17-19-20-18-14/h6-10H,4-5,11-12H2,1-3H3,(H,17,18,19,20). The summed E-state index contributed by atoms with van der Waals surface area (Å²) >= 11 is 0. The lowest BCUT2D eigenvalue weighted by atomic mass is 9.57. The maximum Gasteiger partial charge on any atom is 0.334 e. The number of anilines is 2. The van der Waals surface area contributed by atoms with Gasteiger partial charge >= 0.3 is 14.0 Å². The summed E-state index contributed by atoms with van der Waals surface area (Å²) in [6.07, 6.45) is 2.36. The predicted octanol–water partition coefficient (Wildman–Crippen LogP) is 1.82. The Labute approximate surface area is 138 Å². The Bertz CT molecular complexity index is 594. The van der Waals surface area contributed by atoms with Gasteiger partial charge in [0.05, 0.1) is 6.67 Å². The van der Waals surface area contributed by atoms with Gasteiger partial charge in [0.25, 0.3) is 5.95 Å². The van der Waals surface area contributed by atoms with Crippen LogP contribution in [0.1, 0.15) is 19.8 Å². The van der Waals surface area contributed by atoms with Crippen LogP contribution < -0.4 is 9.62 Å². The molecule has 0 spiro atoms. The number of benzene rings is 1. The average Bonchev–Trinajstić information content (AvgIpc) is 3.10. The lowest BCUT2D eigenvalue weighted by Gasteiger charge is -2.49. The third-order valence-electron chi connectivity index (χ3n) is 4.62. The van der Waals surface area contributed by atoms with Gasteiger partial charge in [0, 0.05) is 5.69 Å². The van der Waals surface area contributed by atoms with E-state index in [1.54, 1.807) is 0 Å². The largest absolute Gasteiger partial charge is 0.386 e. The second-order valence-electron chi connectivity index (χ2n) is 5.98. The van der Waals surface area contributed by atoms with Crippen molar-refractivity contribution in [3.63, 3.8) is 0 Å². The molecule has 7 nitrogen and oxygen atoms in total. The fourth-order valence-corrected chi connectivity index (χ4v) is 3.21. The summed E-state index contributed by atoms with van der Waals surface area (Å²) in [4.78, 5) is 4.57. The fraction of sp³-hybridized carbons (Fsp3) is 0.500. The minimum absolute atomic E-state index is 0.231. The zero-order valence-electron chi connectivity index (χ0n) is 14.1. The number of tetrazole rings is 1. The number of hydrogen-bond donors (Lipinski definition) is 1. The fourth-order valence-electron chi connectivity index (χ4n) is 3.21. The number of hydrogen-bond acceptors (Lipinski definition) is 6. The summed E-state index contributed by atoms with van der Waals surface area (Å²) in [5.41, 5.74) is 1.21. The molecule has 1 aromatic carbocycles. The Kier molecular flexibility index (Phi) is 4.85. The molecule has 1 fully saturated rings. The van der Waals surface area contributed by atoms with Crippen molar-refractivity contribution in [2.24, 2.45) is 0 Å². The Balaban J connectivity index is 1.90. The highest BCUT2D eigenvalue weighted by Crippen LogP contribution is 2.25. The van der Waals surface area contributed by atoms with Crippen LogP contribution in [-0.2, 0) is 0 Å². The molecule has 23 heavy (non-hydrogen) atoms. The number of para-hydroxylation sites is 1. The number of unbranched alkanes of at least 4 members (excludes halogenated alkanes) is 1. The second kappa shape index (κ2) is 7.04. The van der Waals surface area contributed by atoms with E-state index in [4.69, 9.17) is 0 Å². The van der Waals surface area contributed by atoms with Crippen molar-refractivity contribution in [1.82, 2.24) is 25.3 Å². The number of aromatic amines is 1. The van der Waals surface area contributed by atoms with Gasteiger partial charge in [-0.3, -0.25) is 0 Å². The Morgan fingerprint density at radius 1 is 1.13 bits per heavy atom. The van der Waals surface area contributed by atoms with Crippen molar-refractivity contribution in [3.05, 3.63) is 30.3 Å². The molecule has 2 heterocycles. The van der Waals surface area contributed by atoms with Gasteiger partial charge in [-0.2, -0.15) is 5.21 Å². The normalized spacial score (nSPS) is 16.3. The molecule has 120 valence electrons. The van der Waals surface area contributed by atoms with E-state index in [0.29, 0.717) is 12.9 Å². The molecule has 0 atom stereocenters. The molecular formula is C14H23B2N7. The van der Waals surface area contributed by atoms with E-state index < -0.39 is 0 Å². The van der Waals surface area contributed by atoms with Crippen LogP contribution in [0.5, 0.6) is 0 Å². The van der Waals surface area contributed by atoms with Crippen LogP contribution in [0, 0.1) is 0 Å². The first kappa shape index (κ1) is 15.9. The summed E-state index contributed by atoms with van der Waals surface area (Å²) in [5.74, 6) is 0.645. The van der Waals surface area contributed by atoms with E-state index in [0.717, 1.165) is 13.2 Å². The van der Waals surface area contributed by atoms with Gasteiger partial charge < -0.3 is 14.3 Å². The first-order chi connectivity index (χ1) is 11.2. The monoisotopic (exact) mass is 311 g/mol. The van der Waals surface area contributed by atoms with E-state index in [2.05, 4.69) is 79.8 Å². The highest BCUT2D eigenvalue weighted by molar-refractivity contribution is 6.77. The molecule has 9 heteroatoms. The van der Waals surface area contributed by atoms with Crippen LogP contribution in [-0.4, -0.2) is 52.5 Å². The Hall–Kier alpha value is -2.02. The Morgan fingerprint density at radius 3 is 2.52 bits per heavy atom. The minimum atomic E-state index is 0.231. The highest BCUT2D eigenvalue weighted by Gasteiger charge is 2.42. The molecular weight excluding hydrogens is 288 g/mol. The quantitative estimate of drug-likeness (QED) is 0.850. The van der Waals surface area contributed by atoms with Crippen LogP contribution in [0.3, 0.4) is 0 Å². The van der Waals surface area contributed by atoms with Crippen molar-refractivity contribution in [2.75, 3.05) is 22.8 Å². The number of H-pyrrole nitrogens is 1. The molecule has 0 radical (unpaired) electrons. The second-order valence-corrected chi connectivity index (χ2v) is 5.98. The molecule has 2 aromatic rings. The third-order valence-corrected chi connectivity index (χ3v) is 4.62. The van der Waals surface area contributed by atoms with Crippen LogP contribution in [0.25, 0.3) is 0 Å². The van der Waals surface area contributed by atoms with Crippen LogP contribution >= 0.6 is 0 Å². The van der Waals surface area contributed by atoms with Gasteiger partial charge in [0.2, 0.25) is 0 Å². The third kappa shape index (κ3) is 3.19. The van der Waals surface area contributed by atoms with Crippen molar-refractivity contribution in [3.8, 4) is 0 Å². The van der Waals surface area contributed by atoms with E-state index in [1.807, 2.05) is 6.07 Å². The lowest BCUT2D eigenvalue weighted by molar-refractivity contribution is 0.569. The number of nitrogens with zero attached hydrogens (tertiary/aromatic N) is 6. The van der Waals surface area contributed by atoms with Crippen molar-refractivity contribution in [2.45, 2.75) is 33.4 Å². The molecule has 1 saturated heterocycles. The van der Waals surface area contributed by atoms with Gasteiger partial charge in [0.15, 0.2) is 0 Å². The van der Waals surface area contributed by atoms with E-state index >= 15 is 0 Å². The maximum atomic E-state index is 4.18. The number of rotatable bonds is 5. The first-order valence-corrected chi connectivity index (χ1v) is 8.30. The van der Waals surface area contributed by atoms with Gasteiger partial charge in [-0.1, -0.05) is 50.3 Å². The molecule has 0 amide bonds. The molecule has 3 rings (SSSR count). The van der Waals surface area contributed by atoms with E-state index in [9.17, 15) is 0 Å². The van der Waals surface area contributed by atoms with Gasteiger partial charge in [-0.15, -0.1) is 5.10 Å². The van der Waals surface area contributed by atoms with Crippen molar-refractivity contribution in [1.29, 1.82) is 0 Å². The van der Waals surface area contributed by atoms with Gasteiger partial charge in [-0.05, 0) is 30.3 Å². The van der Waals surface area contributed by atoms with Gasteiger partial charge in [0.1, 0.15) is 0 Å². The summed E-state index contributed by atoms with van der Waals surface area (Å²) < 4.78 is 2.50. The van der Waals surface area contributed by atoms with Crippen molar-refractivity contribution < 1.29 is 0 Å². The van der Waals surface area contributed by atoms with Crippen LogP contribution in [0.15, 0.2) is 30.3 Å². The molecule has 0 saturated carbocycles. The summed E-state index contributed by atoms with van der Waals surface area (Å²) in [6.45, 7) is 9.06. The van der Waals surface area contributed by atoms with E-state index in [1.165, 1.54) is 18.5 Å². The van der Waals surface area contributed by atoms with Crippen LogP contribution in [0.4, 0.5) is 11.6 Å². The molecule has 1 aliphatic rings. The zero-order valence-corrected chi connectivity index (χ0v) is 14.1. The summed E-state index contributed by atoms with van der Waals surface area (Å²) in [5, 5.41) is 14.7. The molecule has 0 bridgehead atoms. The summed E-state index contributed by atoms with van der Waals surface area (Å²) in [6, 6.07) is 10.5. The molecule has 1 aromatic heterocycles. The van der Waals surface area contributed by atoms with E-state index in [-0.39, 0.29) is 6.98 Å². The predicted molar refractivity (Wildman–Crippen MR) is 95.3 cm³/mol. The van der Waals surface area contributed by atoms with Crippen LogP contribution in [0.2, 0.25) is 13.6 Å². The topological polar surface area (TPSA) is 64.2 Å². The maximum absolute atomic E-state index is 4.18. The highest BCUT2D eigenvalue weighted by atomic mass is 15.5.